The minimum atomic E-state index is 0.471. The van der Waals surface area contributed by atoms with Crippen molar-refractivity contribution in [3.05, 3.63) is 18.0 Å². The highest BCUT2D eigenvalue weighted by molar-refractivity contribution is 6.17. The summed E-state index contributed by atoms with van der Waals surface area (Å²) >= 11 is 5.65. The molecule has 7 heteroatoms. The first-order chi connectivity index (χ1) is 10.2. The Balaban J connectivity index is 2.37. The van der Waals surface area contributed by atoms with Gasteiger partial charge in [0, 0.05) is 17.9 Å². The summed E-state index contributed by atoms with van der Waals surface area (Å²) in [5, 5.41) is 3.96. The molecular formula is C14H17ClN2O4. The van der Waals surface area contributed by atoms with Crippen LogP contribution in [0.1, 0.15) is 12.3 Å². The highest BCUT2D eigenvalue weighted by Crippen LogP contribution is 2.40. The normalized spacial score (nSPS) is 10.5. The minimum Gasteiger partial charge on any atom is -0.493 e. The molecule has 6 nitrogen and oxygen atoms in total. The number of benzene rings is 1. The number of rotatable bonds is 7. The highest BCUT2D eigenvalue weighted by Gasteiger charge is 2.17. The molecule has 1 aromatic carbocycles. The fourth-order valence-corrected chi connectivity index (χ4v) is 2.04. The van der Waals surface area contributed by atoms with Crippen LogP contribution in [0.5, 0.6) is 17.2 Å². The standard InChI is InChI=1S/C14H17ClN2O4/c1-18-10-7-9(8-11(19-2)13(10)20-3)14-16-12(21-17-14)5-4-6-15/h7-8H,4-6H2,1-3H3. The Morgan fingerprint density at radius 1 is 1.10 bits per heavy atom. The van der Waals surface area contributed by atoms with Gasteiger partial charge in [-0.05, 0) is 18.6 Å². The topological polar surface area (TPSA) is 66.6 Å². The first kappa shape index (κ1) is 15.4. The van der Waals surface area contributed by atoms with Gasteiger partial charge >= 0.3 is 0 Å². The van der Waals surface area contributed by atoms with E-state index in [0.717, 1.165) is 12.0 Å². The van der Waals surface area contributed by atoms with Crippen LogP contribution in [-0.2, 0) is 6.42 Å². The zero-order valence-electron chi connectivity index (χ0n) is 12.2. The van der Waals surface area contributed by atoms with Gasteiger partial charge in [-0.15, -0.1) is 11.6 Å². The van der Waals surface area contributed by atoms with Crippen molar-refractivity contribution in [2.75, 3.05) is 27.2 Å². The quantitative estimate of drug-likeness (QED) is 0.732. The monoisotopic (exact) mass is 312 g/mol. The molecule has 1 heterocycles. The van der Waals surface area contributed by atoms with Crippen molar-refractivity contribution >= 4 is 11.6 Å². The fourth-order valence-electron chi connectivity index (χ4n) is 1.90. The van der Waals surface area contributed by atoms with Crippen LogP contribution in [0.25, 0.3) is 11.4 Å². The fraction of sp³-hybridized carbons (Fsp3) is 0.429. The molecule has 0 saturated carbocycles. The summed E-state index contributed by atoms with van der Waals surface area (Å²) in [4.78, 5) is 4.34. The van der Waals surface area contributed by atoms with E-state index in [4.69, 9.17) is 30.3 Å². The van der Waals surface area contributed by atoms with Gasteiger partial charge in [-0.2, -0.15) is 4.98 Å². The second kappa shape index (κ2) is 7.17. The molecule has 2 aromatic rings. The maximum Gasteiger partial charge on any atom is 0.227 e. The van der Waals surface area contributed by atoms with Crippen molar-refractivity contribution in [3.8, 4) is 28.6 Å². The van der Waals surface area contributed by atoms with Crippen LogP contribution in [-0.4, -0.2) is 37.4 Å². The number of hydrogen-bond donors (Lipinski definition) is 0. The van der Waals surface area contributed by atoms with Crippen molar-refractivity contribution in [1.82, 2.24) is 10.1 Å². The molecule has 0 bridgehead atoms. The van der Waals surface area contributed by atoms with E-state index in [0.29, 0.717) is 41.3 Å². The van der Waals surface area contributed by atoms with Gasteiger partial charge in [0.25, 0.3) is 0 Å². The van der Waals surface area contributed by atoms with Crippen LogP contribution < -0.4 is 14.2 Å². The molecule has 0 saturated heterocycles. The lowest BCUT2D eigenvalue weighted by Crippen LogP contribution is -1.96. The van der Waals surface area contributed by atoms with Gasteiger partial charge in [0.05, 0.1) is 21.3 Å². The van der Waals surface area contributed by atoms with Gasteiger partial charge in [-0.1, -0.05) is 5.16 Å². The zero-order chi connectivity index (χ0) is 15.2. The van der Waals surface area contributed by atoms with Crippen molar-refractivity contribution in [2.24, 2.45) is 0 Å². The predicted octanol–water partition coefficient (Wildman–Crippen LogP) is 2.93. The van der Waals surface area contributed by atoms with E-state index in [2.05, 4.69) is 10.1 Å². The molecule has 0 amide bonds. The molecule has 21 heavy (non-hydrogen) atoms. The molecular weight excluding hydrogens is 296 g/mol. The molecule has 0 unspecified atom stereocenters. The summed E-state index contributed by atoms with van der Waals surface area (Å²) in [7, 11) is 4.67. The maximum absolute atomic E-state index is 5.65. The zero-order valence-corrected chi connectivity index (χ0v) is 12.9. The molecule has 0 aliphatic carbocycles. The molecule has 0 spiro atoms. The Morgan fingerprint density at radius 2 is 1.76 bits per heavy atom. The van der Waals surface area contributed by atoms with Gasteiger partial charge in [-0.3, -0.25) is 0 Å². The number of hydrogen-bond acceptors (Lipinski definition) is 6. The van der Waals surface area contributed by atoms with Crippen molar-refractivity contribution in [3.63, 3.8) is 0 Å². The minimum absolute atomic E-state index is 0.471. The summed E-state index contributed by atoms with van der Waals surface area (Å²) in [5.74, 6) is 3.19. The molecule has 0 atom stereocenters. The smallest absolute Gasteiger partial charge is 0.227 e. The van der Waals surface area contributed by atoms with Gasteiger partial charge < -0.3 is 18.7 Å². The first-order valence-electron chi connectivity index (χ1n) is 6.42. The molecule has 0 N–H and O–H groups in total. The van der Waals surface area contributed by atoms with Crippen LogP contribution in [0.2, 0.25) is 0 Å². The molecule has 114 valence electrons. The molecule has 0 fully saturated rings. The summed E-state index contributed by atoms with van der Waals surface area (Å²) in [6.07, 6.45) is 1.44. The lowest BCUT2D eigenvalue weighted by atomic mass is 10.1. The average Bonchev–Trinajstić information content (AvgIpc) is 3.00. The summed E-state index contributed by atoms with van der Waals surface area (Å²) in [6, 6.07) is 3.55. The molecule has 0 aliphatic heterocycles. The van der Waals surface area contributed by atoms with Crippen molar-refractivity contribution < 1.29 is 18.7 Å². The van der Waals surface area contributed by atoms with Crippen molar-refractivity contribution in [1.29, 1.82) is 0 Å². The maximum atomic E-state index is 5.65. The molecule has 0 aliphatic rings. The second-order valence-electron chi connectivity index (χ2n) is 4.22. The third-order valence-corrected chi connectivity index (χ3v) is 3.18. The number of ether oxygens (including phenoxy) is 3. The van der Waals surface area contributed by atoms with E-state index < -0.39 is 0 Å². The van der Waals surface area contributed by atoms with Gasteiger partial charge in [-0.25, -0.2) is 0 Å². The number of aromatic nitrogens is 2. The molecule has 0 radical (unpaired) electrons. The van der Waals surface area contributed by atoms with E-state index in [-0.39, 0.29) is 0 Å². The van der Waals surface area contributed by atoms with Gasteiger partial charge in [0.15, 0.2) is 11.5 Å². The Bertz CT molecular complexity index is 575. The average molecular weight is 313 g/mol. The van der Waals surface area contributed by atoms with Crippen LogP contribution in [0.3, 0.4) is 0 Å². The van der Waals surface area contributed by atoms with Crippen LogP contribution in [0.4, 0.5) is 0 Å². The Kier molecular flexibility index (Phi) is 5.27. The van der Waals surface area contributed by atoms with Crippen LogP contribution in [0.15, 0.2) is 16.7 Å². The number of halogens is 1. The Labute approximate surface area is 128 Å². The van der Waals surface area contributed by atoms with E-state index in [1.807, 2.05) is 0 Å². The second-order valence-corrected chi connectivity index (χ2v) is 4.60. The van der Waals surface area contributed by atoms with Crippen LogP contribution >= 0.6 is 11.6 Å². The third-order valence-electron chi connectivity index (χ3n) is 2.92. The van der Waals surface area contributed by atoms with Crippen LogP contribution in [0, 0.1) is 0 Å². The third kappa shape index (κ3) is 3.39. The number of methoxy groups -OCH3 is 3. The molecule has 2 rings (SSSR count). The summed E-state index contributed by atoms with van der Waals surface area (Å²) in [6.45, 7) is 0. The highest BCUT2D eigenvalue weighted by atomic mass is 35.5. The number of aryl methyl sites for hydroxylation is 1. The Hall–Kier alpha value is -1.95. The predicted molar refractivity (Wildman–Crippen MR) is 78.4 cm³/mol. The lowest BCUT2D eigenvalue weighted by Gasteiger charge is -2.12. The molecule has 1 aromatic heterocycles. The van der Waals surface area contributed by atoms with E-state index in [1.165, 1.54) is 0 Å². The SMILES string of the molecule is COc1cc(-c2noc(CCCCl)n2)cc(OC)c1OC. The van der Waals surface area contributed by atoms with Crippen molar-refractivity contribution in [2.45, 2.75) is 12.8 Å². The van der Waals surface area contributed by atoms with Gasteiger partial charge in [0.2, 0.25) is 17.5 Å². The van der Waals surface area contributed by atoms with Gasteiger partial charge in [0.1, 0.15) is 0 Å². The summed E-state index contributed by atoms with van der Waals surface area (Å²) in [5.41, 5.74) is 0.727. The van der Waals surface area contributed by atoms with E-state index in [9.17, 15) is 0 Å². The van der Waals surface area contributed by atoms with E-state index >= 15 is 0 Å². The largest absolute Gasteiger partial charge is 0.493 e. The number of alkyl halides is 1. The first-order valence-corrected chi connectivity index (χ1v) is 6.95. The Morgan fingerprint density at radius 3 is 2.29 bits per heavy atom. The number of nitrogens with zero attached hydrogens (tertiary/aromatic N) is 2. The lowest BCUT2D eigenvalue weighted by molar-refractivity contribution is 0.324. The van der Waals surface area contributed by atoms with E-state index in [1.54, 1.807) is 33.5 Å². The summed E-state index contributed by atoms with van der Waals surface area (Å²) < 4.78 is 21.1.